The first-order valence-corrected chi connectivity index (χ1v) is 13.3. The number of aliphatic hydroxyl groups excluding tert-OH is 1. The molecule has 1 fully saturated rings. The highest BCUT2D eigenvalue weighted by atomic mass is 16.5. The molecule has 0 aromatic heterocycles. The standard InChI is InChI=1S/C33H38O3/c1-3-8-33(35)36-23-31-22-30(17-16-26(31)11-7-20-34)32-19-18-29(21-24(32)2)28-14-12-27(13-15-28)25-9-5-4-6-10-25/h3,8,12-19,21-22,25,34H,4-7,9-11,20,23H2,1-2H3/b8-3+. The number of rotatable bonds is 9. The quantitative estimate of drug-likeness (QED) is 0.249. The van der Waals surface area contributed by atoms with E-state index in [4.69, 9.17) is 4.74 Å². The summed E-state index contributed by atoms with van der Waals surface area (Å²) < 4.78 is 5.45. The van der Waals surface area contributed by atoms with Crippen LogP contribution in [0.1, 0.15) is 73.6 Å². The van der Waals surface area contributed by atoms with E-state index in [1.165, 1.54) is 66.0 Å². The van der Waals surface area contributed by atoms with Crippen LogP contribution >= 0.6 is 0 Å². The number of esters is 1. The molecule has 0 unspecified atom stereocenters. The molecular weight excluding hydrogens is 444 g/mol. The third-order valence-corrected chi connectivity index (χ3v) is 7.34. The number of aliphatic hydroxyl groups is 1. The lowest BCUT2D eigenvalue weighted by Crippen LogP contribution is -2.04. The normalized spacial score (nSPS) is 14.3. The molecule has 0 heterocycles. The zero-order valence-electron chi connectivity index (χ0n) is 21.6. The number of hydrogen-bond acceptors (Lipinski definition) is 3. The lowest BCUT2D eigenvalue weighted by molar-refractivity contribution is -0.139. The maximum Gasteiger partial charge on any atom is 0.330 e. The molecule has 36 heavy (non-hydrogen) atoms. The Morgan fingerprint density at radius 3 is 2.33 bits per heavy atom. The molecule has 3 heteroatoms. The summed E-state index contributed by atoms with van der Waals surface area (Å²) in [5.41, 5.74) is 9.55. The Labute approximate surface area is 215 Å². The van der Waals surface area contributed by atoms with Gasteiger partial charge in [0.2, 0.25) is 0 Å². The number of ether oxygens (including phenoxy) is 1. The third-order valence-electron chi connectivity index (χ3n) is 7.34. The number of carbonyl (C=O) groups excluding carboxylic acids is 1. The van der Waals surface area contributed by atoms with Crippen LogP contribution in [0.15, 0.2) is 72.8 Å². The highest BCUT2D eigenvalue weighted by molar-refractivity contribution is 5.81. The van der Waals surface area contributed by atoms with Gasteiger partial charge in [0.05, 0.1) is 0 Å². The molecule has 1 aliphatic rings. The molecular formula is C33H38O3. The van der Waals surface area contributed by atoms with Gasteiger partial charge in [0.15, 0.2) is 0 Å². The van der Waals surface area contributed by atoms with Gasteiger partial charge in [-0.1, -0.05) is 79.9 Å². The average molecular weight is 483 g/mol. The summed E-state index contributed by atoms with van der Waals surface area (Å²) in [4.78, 5) is 11.9. The lowest BCUT2D eigenvalue weighted by Gasteiger charge is -2.22. The summed E-state index contributed by atoms with van der Waals surface area (Å²) in [5, 5.41) is 9.28. The Balaban J connectivity index is 1.55. The summed E-state index contributed by atoms with van der Waals surface area (Å²) >= 11 is 0. The molecule has 0 aliphatic heterocycles. The molecule has 3 aromatic carbocycles. The van der Waals surface area contributed by atoms with Crippen LogP contribution in [0, 0.1) is 6.92 Å². The predicted molar refractivity (Wildman–Crippen MR) is 148 cm³/mol. The molecule has 3 nitrogen and oxygen atoms in total. The second-order valence-electron chi connectivity index (χ2n) is 9.91. The molecule has 4 rings (SSSR count). The van der Waals surface area contributed by atoms with Gasteiger partial charge in [0.1, 0.15) is 6.61 Å². The van der Waals surface area contributed by atoms with Crippen molar-refractivity contribution in [1.82, 2.24) is 0 Å². The Morgan fingerprint density at radius 1 is 0.917 bits per heavy atom. The summed E-state index contributed by atoms with van der Waals surface area (Å²) in [7, 11) is 0. The number of carbonyl (C=O) groups is 1. The van der Waals surface area contributed by atoms with Crippen LogP contribution in [0.4, 0.5) is 0 Å². The van der Waals surface area contributed by atoms with Crippen LogP contribution < -0.4 is 0 Å². The summed E-state index contributed by atoms with van der Waals surface area (Å²) in [6.45, 7) is 4.32. The van der Waals surface area contributed by atoms with Crippen LogP contribution in [0.5, 0.6) is 0 Å². The largest absolute Gasteiger partial charge is 0.458 e. The molecule has 1 saturated carbocycles. The van der Waals surface area contributed by atoms with Gasteiger partial charge in [-0.15, -0.1) is 0 Å². The van der Waals surface area contributed by atoms with Crippen molar-refractivity contribution in [3.8, 4) is 22.3 Å². The van der Waals surface area contributed by atoms with E-state index in [-0.39, 0.29) is 19.2 Å². The average Bonchev–Trinajstić information content (AvgIpc) is 2.92. The van der Waals surface area contributed by atoms with Crippen LogP contribution in [0.2, 0.25) is 0 Å². The van der Waals surface area contributed by atoms with Gasteiger partial charge >= 0.3 is 5.97 Å². The topological polar surface area (TPSA) is 46.5 Å². The number of benzene rings is 3. The third kappa shape index (κ3) is 6.53. The molecule has 0 saturated heterocycles. The first-order valence-electron chi connectivity index (χ1n) is 13.3. The van der Waals surface area contributed by atoms with Crippen molar-refractivity contribution in [3.63, 3.8) is 0 Å². The van der Waals surface area contributed by atoms with Crippen molar-refractivity contribution in [3.05, 3.63) is 95.1 Å². The summed E-state index contributed by atoms with van der Waals surface area (Å²) in [6, 6.07) is 22.2. The molecule has 1 aliphatic carbocycles. The lowest BCUT2D eigenvalue weighted by atomic mass is 9.83. The summed E-state index contributed by atoms with van der Waals surface area (Å²) in [6.07, 6.45) is 11.3. The van der Waals surface area contributed by atoms with Crippen molar-refractivity contribution in [1.29, 1.82) is 0 Å². The number of hydrogen-bond donors (Lipinski definition) is 1. The molecule has 3 aromatic rings. The van der Waals surface area contributed by atoms with Crippen molar-refractivity contribution < 1.29 is 14.6 Å². The molecule has 0 amide bonds. The van der Waals surface area contributed by atoms with E-state index in [1.54, 1.807) is 13.0 Å². The van der Waals surface area contributed by atoms with Gasteiger partial charge in [-0.3, -0.25) is 0 Å². The fraction of sp³-hybridized carbons (Fsp3) is 0.364. The Morgan fingerprint density at radius 2 is 1.64 bits per heavy atom. The second kappa shape index (κ2) is 12.7. The van der Waals surface area contributed by atoms with E-state index in [9.17, 15) is 9.90 Å². The van der Waals surface area contributed by atoms with Crippen molar-refractivity contribution in [2.45, 2.75) is 71.3 Å². The van der Waals surface area contributed by atoms with Gasteiger partial charge in [-0.2, -0.15) is 0 Å². The van der Waals surface area contributed by atoms with Gasteiger partial charge in [0.25, 0.3) is 0 Å². The van der Waals surface area contributed by atoms with Gasteiger partial charge in [0, 0.05) is 12.7 Å². The van der Waals surface area contributed by atoms with Gasteiger partial charge in [-0.05, 0) is 96.0 Å². The zero-order valence-corrected chi connectivity index (χ0v) is 21.6. The van der Waals surface area contributed by atoms with E-state index in [0.29, 0.717) is 6.42 Å². The number of allylic oxidation sites excluding steroid dienone is 1. The highest BCUT2D eigenvalue weighted by Crippen LogP contribution is 2.35. The minimum atomic E-state index is -0.342. The van der Waals surface area contributed by atoms with Gasteiger partial charge in [-0.25, -0.2) is 4.79 Å². The van der Waals surface area contributed by atoms with Crippen molar-refractivity contribution >= 4 is 5.97 Å². The van der Waals surface area contributed by atoms with Crippen LogP contribution in [0.3, 0.4) is 0 Å². The molecule has 0 bridgehead atoms. The Kier molecular flexibility index (Phi) is 9.13. The van der Waals surface area contributed by atoms with E-state index >= 15 is 0 Å². The van der Waals surface area contributed by atoms with E-state index < -0.39 is 0 Å². The fourth-order valence-electron chi connectivity index (χ4n) is 5.33. The Hall–Kier alpha value is -3.17. The predicted octanol–water partition coefficient (Wildman–Crippen LogP) is 7.92. The highest BCUT2D eigenvalue weighted by Gasteiger charge is 2.15. The van der Waals surface area contributed by atoms with Crippen LogP contribution in [0.25, 0.3) is 22.3 Å². The monoisotopic (exact) mass is 482 g/mol. The van der Waals surface area contributed by atoms with Crippen LogP contribution in [-0.2, 0) is 22.6 Å². The second-order valence-corrected chi connectivity index (χ2v) is 9.91. The first kappa shape index (κ1) is 25.9. The van der Waals surface area contributed by atoms with E-state index in [2.05, 4.69) is 67.6 Å². The molecule has 188 valence electrons. The molecule has 0 atom stereocenters. The molecule has 0 spiro atoms. The first-order chi connectivity index (χ1) is 17.6. The minimum Gasteiger partial charge on any atom is -0.458 e. The summed E-state index contributed by atoms with van der Waals surface area (Å²) in [5.74, 6) is 0.384. The maximum atomic E-state index is 11.9. The van der Waals surface area contributed by atoms with Gasteiger partial charge < -0.3 is 9.84 Å². The SMILES string of the molecule is C/C=C/C(=O)OCc1cc(-c2ccc(-c3ccc(C4CCCCC4)cc3)cc2C)ccc1CCCO. The van der Waals surface area contributed by atoms with Crippen LogP contribution in [-0.4, -0.2) is 17.7 Å². The van der Waals surface area contributed by atoms with Crippen molar-refractivity contribution in [2.24, 2.45) is 0 Å². The maximum absolute atomic E-state index is 11.9. The molecule has 0 radical (unpaired) electrons. The van der Waals surface area contributed by atoms with E-state index in [0.717, 1.165) is 29.0 Å². The minimum absolute atomic E-state index is 0.141. The smallest absolute Gasteiger partial charge is 0.330 e. The molecule has 1 N–H and O–H groups in total. The zero-order chi connectivity index (χ0) is 25.3. The van der Waals surface area contributed by atoms with Crippen molar-refractivity contribution in [2.75, 3.05) is 6.61 Å². The number of aryl methyl sites for hydroxylation is 2. The van der Waals surface area contributed by atoms with E-state index in [1.807, 2.05) is 0 Å². The Bertz CT molecular complexity index is 1180. The fourth-order valence-corrected chi connectivity index (χ4v) is 5.33.